The molecule has 0 saturated carbocycles. The second-order valence-electron chi connectivity index (χ2n) is 20.8. The van der Waals surface area contributed by atoms with Crippen LogP contribution in [-0.2, 0) is 71.5 Å². The van der Waals surface area contributed by atoms with Crippen LogP contribution in [0, 0.1) is 0 Å². The van der Waals surface area contributed by atoms with E-state index in [4.69, 9.17) is 0 Å². The molecule has 0 radical (unpaired) electrons. The number of nitrogens with zero attached hydrogens (tertiary/aromatic N) is 3. The molecule has 450 valence electrons. The molecule has 2 aliphatic heterocycles. The van der Waals surface area contributed by atoms with Gasteiger partial charge in [0.2, 0.25) is 5.69 Å². The first-order chi connectivity index (χ1) is 38.3. The summed E-state index contributed by atoms with van der Waals surface area (Å²) in [7, 11) is -27.8. The fourth-order valence-electron chi connectivity index (χ4n) is 10.8. The number of carbonyl (C=O) groups excluding carboxylic acids is 2. The maximum absolute atomic E-state index is 13.6. The van der Waals surface area contributed by atoms with Gasteiger partial charge in [-0.3, -0.25) is 36.9 Å². The van der Waals surface area contributed by atoms with Crippen molar-refractivity contribution in [2.24, 2.45) is 0 Å². The third-order valence-corrected chi connectivity index (χ3v) is 19.2. The van der Waals surface area contributed by atoms with E-state index in [1.807, 2.05) is 25.7 Å². The summed E-state index contributed by atoms with van der Waals surface area (Å²) in [6, 6.07) is 15.6. The number of rotatable bonds is 25. The standard InChI is InChI=1S/C52H61N5O20S6/c1-5-6-7-22-57-43-32-44(83(75,76)77)39-28-34(35-29-40(49(58)53-20-26-80(66,67)68)55-41(30-35)50(59)54-21-27-81(69,70)71)14-17-37(39)47(43)51(2,3)45(57)11-8-12-46-52(4,19-9-24-78(60,61)62)48-38-31-36(82(72,73)74)16-13-33(38)15-18-42(48)56(46)23-10-25-79(63,64)65/h8,11-18,28-32H,5-7,9-10,19-27H2,1-4H3,(H7-,53,54,58,59,60,61,62,63,64,65,66,67,68,69,70,71,72,73,74,75,76,77)/p+1. The highest BCUT2D eigenvalue weighted by molar-refractivity contribution is 7.87. The molecule has 8 N–H and O–H groups in total. The first-order valence-corrected chi connectivity index (χ1v) is 35.0. The third kappa shape index (κ3) is 15.2. The lowest BCUT2D eigenvalue weighted by Crippen LogP contribution is -2.32. The second-order valence-corrected chi connectivity index (χ2v) is 29.9. The molecule has 5 aromatic rings. The lowest BCUT2D eigenvalue weighted by Gasteiger charge is -2.27. The van der Waals surface area contributed by atoms with Gasteiger partial charge in [-0.15, -0.1) is 0 Å². The zero-order valence-electron chi connectivity index (χ0n) is 45.2. The zero-order valence-corrected chi connectivity index (χ0v) is 50.1. The Morgan fingerprint density at radius 1 is 0.614 bits per heavy atom. The van der Waals surface area contributed by atoms with E-state index in [1.165, 1.54) is 42.5 Å². The zero-order chi connectivity index (χ0) is 61.5. The van der Waals surface area contributed by atoms with Gasteiger partial charge in [-0.05, 0) is 108 Å². The number of fused-ring (bicyclic) bond motifs is 6. The molecule has 3 heterocycles. The minimum Gasteiger partial charge on any atom is -0.350 e. The average molecular weight is 1270 g/mol. The number of anilines is 1. The van der Waals surface area contributed by atoms with Crippen LogP contribution in [0.25, 0.3) is 32.7 Å². The number of hydrogen-bond donors (Lipinski definition) is 8. The molecule has 1 unspecified atom stereocenters. The van der Waals surface area contributed by atoms with Gasteiger partial charge in [-0.1, -0.05) is 57.9 Å². The van der Waals surface area contributed by atoms with Crippen LogP contribution >= 0.6 is 0 Å². The maximum Gasteiger partial charge on any atom is 0.295 e. The summed E-state index contributed by atoms with van der Waals surface area (Å²) < 4.78 is 207. The highest BCUT2D eigenvalue weighted by Crippen LogP contribution is 2.53. The van der Waals surface area contributed by atoms with Crippen molar-refractivity contribution in [3.8, 4) is 11.1 Å². The molecule has 0 aliphatic carbocycles. The Labute approximate surface area is 481 Å². The number of allylic oxidation sites excluding steroid dienone is 4. The summed E-state index contributed by atoms with van der Waals surface area (Å²) in [6.45, 7) is 6.65. The molecule has 7 rings (SSSR count). The van der Waals surface area contributed by atoms with Gasteiger partial charge < -0.3 is 15.5 Å². The smallest absolute Gasteiger partial charge is 0.295 e. The van der Waals surface area contributed by atoms with Crippen LogP contribution in [0.1, 0.15) is 98.3 Å². The largest absolute Gasteiger partial charge is 0.350 e. The van der Waals surface area contributed by atoms with Gasteiger partial charge in [-0.2, -0.15) is 55.1 Å². The summed E-state index contributed by atoms with van der Waals surface area (Å²) in [5, 5.41) is 5.75. The Balaban J connectivity index is 1.41. The van der Waals surface area contributed by atoms with Crippen molar-refractivity contribution in [2.75, 3.05) is 54.1 Å². The van der Waals surface area contributed by atoms with E-state index in [1.54, 1.807) is 54.0 Å². The first-order valence-electron chi connectivity index (χ1n) is 25.7. The summed E-state index contributed by atoms with van der Waals surface area (Å²) in [6.07, 6.45) is 7.10. The van der Waals surface area contributed by atoms with Gasteiger partial charge in [-0.25, -0.2) is 4.98 Å². The number of amides is 2. The Bertz CT molecular complexity index is 4210. The fraction of sp³-hybridized carbons (Fsp3) is 0.385. The summed E-state index contributed by atoms with van der Waals surface area (Å²) in [5.74, 6) is -5.10. The SMILES string of the molecule is CCCCCN1/C(=C/C=C/C2=[N+](CCCS(=O)(=O)O)c3ccc4ccc(S(=O)(=O)O)cc4c3C2(C)CCCS(=O)(=O)O)C(C)(C)c2c1cc(S(=O)(=O)O)c1cc(-c3cc(C(=O)NCCS(=O)(=O)O)nc(C(=O)NCCS(=O)(=O)O)c3)ccc21. The van der Waals surface area contributed by atoms with E-state index >= 15 is 0 Å². The minimum absolute atomic E-state index is 0.0119. The highest BCUT2D eigenvalue weighted by atomic mass is 32.2. The Kier molecular flexibility index (Phi) is 18.7. The second kappa shape index (κ2) is 24.1. The van der Waals surface area contributed by atoms with Crippen molar-refractivity contribution in [1.29, 1.82) is 0 Å². The molecule has 2 aliphatic rings. The Morgan fingerprint density at radius 3 is 1.75 bits per heavy atom. The molecule has 31 heteroatoms. The number of carbonyl (C=O) groups is 2. The van der Waals surface area contributed by atoms with E-state index in [0.29, 0.717) is 63.0 Å². The fourth-order valence-corrected chi connectivity index (χ4v) is 13.8. The van der Waals surface area contributed by atoms with Crippen molar-refractivity contribution in [1.82, 2.24) is 15.6 Å². The van der Waals surface area contributed by atoms with E-state index in [-0.39, 0.29) is 42.3 Å². The molecule has 1 atom stereocenters. The van der Waals surface area contributed by atoms with Gasteiger partial charge in [0.1, 0.15) is 22.8 Å². The molecule has 2 amide bonds. The van der Waals surface area contributed by atoms with Crippen molar-refractivity contribution in [2.45, 2.75) is 86.8 Å². The average Bonchev–Trinajstić information content (AvgIpc) is 2.33. The Hall–Kier alpha value is -6.10. The number of pyridine rings is 1. The summed E-state index contributed by atoms with van der Waals surface area (Å²) >= 11 is 0. The van der Waals surface area contributed by atoms with E-state index in [2.05, 4.69) is 15.6 Å². The minimum atomic E-state index is -5.08. The van der Waals surface area contributed by atoms with Crippen LogP contribution in [0.2, 0.25) is 0 Å². The lowest BCUT2D eigenvalue weighted by atomic mass is 9.74. The van der Waals surface area contributed by atoms with Gasteiger partial charge in [0, 0.05) is 65.9 Å². The van der Waals surface area contributed by atoms with Crippen LogP contribution in [0.3, 0.4) is 0 Å². The predicted molar refractivity (Wildman–Crippen MR) is 309 cm³/mol. The van der Waals surface area contributed by atoms with Crippen molar-refractivity contribution in [3.05, 3.63) is 113 Å². The molecule has 4 aromatic carbocycles. The van der Waals surface area contributed by atoms with Crippen molar-refractivity contribution >= 4 is 111 Å². The lowest BCUT2D eigenvalue weighted by molar-refractivity contribution is -0.437. The monoisotopic (exact) mass is 1270 g/mol. The van der Waals surface area contributed by atoms with Crippen LogP contribution < -0.4 is 15.5 Å². The molecule has 83 heavy (non-hydrogen) atoms. The highest BCUT2D eigenvalue weighted by Gasteiger charge is 2.49. The van der Waals surface area contributed by atoms with Gasteiger partial charge in [0.25, 0.3) is 72.5 Å². The molecule has 0 fully saturated rings. The third-order valence-electron chi connectivity index (χ3n) is 14.4. The number of nitrogens with one attached hydrogen (secondary N) is 2. The maximum atomic E-state index is 13.6. The van der Waals surface area contributed by atoms with Crippen molar-refractivity contribution < 1.29 is 92.0 Å². The molecular weight excluding hydrogens is 1210 g/mol. The van der Waals surface area contributed by atoms with E-state index < -0.39 is 141 Å². The molecule has 25 nitrogen and oxygen atoms in total. The van der Waals surface area contributed by atoms with Gasteiger partial charge >= 0.3 is 0 Å². The first kappa shape index (κ1) is 64.5. The molecular formula is C52H62N5O20S6+. The number of aromatic nitrogens is 1. The van der Waals surface area contributed by atoms with Crippen LogP contribution in [-0.4, -0.2) is 154 Å². The van der Waals surface area contributed by atoms with Crippen LogP contribution in [0.15, 0.2) is 100 Å². The quantitative estimate of drug-likeness (QED) is 0.0203. The van der Waals surface area contributed by atoms with Gasteiger partial charge in [0.15, 0.2) is 5.71 Å². The van der Waals surface area contributed by atoms with E-state index in [0.717, 1.165) is 12.8 Å². The molecule has 0 spiro atoms. The Morgan fingerprint density at radius 2 is 1.19 bits per heavy atom. The predicted octanol–water partition coefficient (Wildman–Crippen LogP) is 5.51. The number of unbranched alkanes of at least 4 members (excludes halogenated alkanes) is 2. The number of hydrogen-bond acceptors (Lipinski definition) is 16. The van der Waals surface area contributed by atoms with Crippen molar-refractivity contribution in [3.63, 3.8) is 0 Å². The molecule has 0 bridgehead atoms. The van der Waals surface area contributed by atoms with E-state index in [9.17, 15) is 87.4 Å². The normalized spacial score (nSPS) is 17.2. The topological polar surface area (TPSA) is 404 Å². The van der Waals surface area contributed by atoms with Crippen LogP contribution in [0.4, 0.5) is 11.4 Å². The van der Waals surface area contributed by atoms with Crippen LogP contribution in [0.5, 0.6) is 0 Å². The molecule has 1 aromatic heterocycles. The molecule has 0 saturated heterocycles. The summed E-state index contributed by atoms with van der Waals surface area (Å²) in [4.78, 5) is 31.7. The summed E-state index contributed by atoms with van der Waals surface area (Å²) in [5.41, 5.74) is 0.0905. The van der Waals surface area contributed by atoms with Gasteiger partial charge in [0.05, 0.1) is 33.3 Å². The number of benzene rings is 4.